The summed E-state index contributed by atoms with van der Waals surface area (Å²) in [6.45, 7) is 4.58. The molecule has 7 heteroatoms. The number of nitrogens with zero attached hydrogens (tertiary/aromatic N) is 3. The van der Waals surface area contributed by atoms with Crippen LogP contribution in [0.15, 0.2) is 53.5 Å². The van der Waals surface area contributed by atoms with Gasteiger partial charge < -0.3 is 20.6 Å². The van der Waals surface area contributed by atoms with Gasteiger partial charge in [-0.15, -0.1) is 0 Å². The lowest BCUT2D eigenvalue weighted by atomic mass is 9.96. The number of anilines is 1. The van der Waals surface area contributed by atoms with E-state index in [1.54, 1.807) is 31.2 Å². The average molecular weight is 374 g/mol. The molecule has 0 radical (unpaired) electrons. The van der Waals surface area contributed by atoms with E-state index in [4.69, 9.17) is 5.73 Å². The molecular weight excluding hydrogens is 350 g/mol. The summed E-state index contributed by atoms with van der Waals surface area (Å²) < 4.78 is 26.1. The second kappa shape index (κ2) is 7.92. The van der Waals surface area contributed by atoms with E-state index in [0.717, 1.165) is 18.8 Å². The molecule has 2 aromatic rings. The van der Waals surface area contributed by atoms with E-state index >= 15 is 0 Å². The Morgan fingerprint density at radius 3 is 2.07 bits per heavy atom. The van der Waals surface area contributed by atoms with Gasteiger partial charge in [-0.2, -0.15) is 0 Å². The van der Waals surface area contributed by atoms with Crippen molar-refractivity contribution in [3.8, 4) is 0 Å². The van der Waals surface area contributed by atoms with Crippen LogP contribution in [-0.2, 0) is 5.60 Å². The van der Waals surface area contributed by atoms with Crippen molar-refractivity contribution in [2.24, 2.45) is 10.7 Å². The molecule has 3 rings (SSSR count). The molecule has 3 N–H and O–H groups in total. The van der Waals surface area contributed by atoms with Crippen LogP contribution in [0.25, 0.3) is 0 Å². The molecule has 1 aliphatic heterocycles. The summed E-state index contributed by atoms with van der Waals surface area (Å²) in [5.74, 6) is -0.227. The summed E-state index contributed by atoms with van der Waals surface area (Å²) in [6.07, 6.45) is 0. The third-order valence-corrected chi connectivity index (χ3v) is 4.81. The van der Waals surface area contributed by atoms with Crippen LogP contribution in [0.1, 0.15) is 12.5 Å². The minimum Gasteiger partial charge on any atom is -0.384 e. The minimum absolute atomic E-state index is 0.0860. The Hall–Kier alpha value is -2.67. The van der Waals surface area contributed by atoms with Crippen LogP contribution in [-0.4, -0.2) is 48.7 Å². The van der Waals surface area contributed by atoms with Gasteiger partial charge in [-0.1, -0.05) is 12.1 Å². The Bertz CT molecular complexity index is 783. The van der Waals surface area contributed by atoms with Crippen LogP contribution in [0, 0.1) is 11.6 Å². The zero-order chi connectivity index (χ0) is 19.4. The lowest BCUT2D eigenvalue weighted by Crippen LogP contribution is -2.51. The first kappa shape index (κ1) is 19.1. The van der Waals surface area contributed by atoms with Gasteiger partial charge in [-0.25, -0.2) is 13.8 Å². The molecule has 0 aliphatic carbocycles. The van der Waals surface area contributed by atoms with Crippen LogP contribution in [0.5, 0.6) is 0 Å². The fourth-order valence-corrected chi connectivity index (χ4v) is 3.08. The van der Waals surface area contributed by atoms with Crippen molar-refractivity contribution >= 4 is 11.6 Å². The van der Waals surface area contributed by atoms with Crippen LogP contribution < -0.4 is 10.6 Å². The van der Waals surface area contributed by atoms with Crippen molar-refractivity contribution in [1.29, 1.82) is 0 Å². The Labute approximate surface area is 157 Å². The molecule has 0 saturated carbocycles. The van der Waals surface area contributed by atoms with Crippen molar-refractivity contribution in [1.82, 2.24) is 4.90 Å². The highest BCUT2D eigenvalue weighted by Gasteiger charge is 2.24. The molecule has 0 amide bonds. The Balaban J connectivity index is 1.57. The van der Waals surface area contributed by atoms with Crippen LogP contribution in [0.4, 0.5) is 14.5 Å². The largest absolute Gasteiger partial charge is 0.384 e. The number of aliphatic hydroxyl groups is 1. The topological polar surface area (TPSA) is 65.1 Å². The van der Waals surface area contributed by atoms with E-state index in [1.807, 2.05) is 4.90 Å². The molecule has 0 aromatic heterocycles. The van der Waals surface area contributed by atoms with Gasteiger partial charge in [0.15, 0.2) is 5.96 Å². The molecule has 1 atom stereocenters. The SMILES string of the molecule is CC(O)(CN=C(N)N1CCN(c2ccc(F)cc2)CC1)c1ccc(F)cc1. The Morgan fingerprint density at radius 2 is 1.52 bits per heavy atom. The summed E-state index contributed by atoms with van der Waals surface area (Å²) in [7, 11) is 0. The second-order valence-corrected chi connectivity index (χ2v) is 6.91. The number of hydrogen-bond donors (Lipinski definition) is 2. The van der Waals surface area contributed by atoms with Crippen molar-refractivity contribution in [3.05, 3.63) is 65.7 Å². The first-order chi connectivity index (χ1) is 12.8. The van der Waals surface area contributed by atoms with Gasteiger partial charge in [0.1, 0.15) is 17.2 Å². The number of benzene rings is 2. The normalized spacial score (nSPS) is 17.7. The van der Waals surface area contributed by atoms with E-state index in [-0.39, 0.29) is 18.2 Å². The number of halogens is 2. The number of guanidine groups is 1. The minimum atomic E-state index is -1.23. The van der Waals surface area contributed by atoms with Gasteiger partial charge in [0.2, 0.25) is 0 Å². The highest BCUT2D eigenvalue weighted by Crippen LogP contribution is 2.21. The standard InChI is InChI=1S/C20H24F2N4O/c1-20(27,15-2-4-16(21)5-3-15)14-24-19(23)26-12-10-25(11-13-26)18-8-6-17(22)7-9-18/h2-9,27H,10-14H2,1H3,(H2,23,24). The molecule has 1 saturated heterocycles. The Morgan fingerprint density at radius 1 is 1.00 bits per heavy atom. The first-order valence-electron chi connectivity index (χ1n) is 8.89. The summed E-state index contributed by atoms with van der Waals surface area (Å²) in [5.41, 5.74) is 6.43. The summed E-state index contributed by atoms with van der Waals surface area (Å²) in [5, 5.41) is 10.6. The number of aliphatic imine (C=N–C) groups is 1. The molecular formula is C20H24F2N4O. The summed E-state index contributed by atoms with van der Waals surface area (Å²) >= 11 is 0. The summed E-state index contributed by atoms with van der Waals surface area (Å²) in [4.78, 5) is 8.46. The summed E-state index contributed by atoms with van der Waals surface area (Å²) in [6, 6.07) is 12.1. The number of hydrogen-bond acceptors (Lipinski definition) is 3. The van der Waals surface area contributed by atoms with Gasteiger partial charge in [0.25, 0.3) is 0 Å². The number of piperazine rings is 1. The van der Waals surface area contributed by atoms with Crippen molar-refractivity contribution < 1.29 is 13.9 Å². The third-order valence-electron chi connectivity index (χ3n) is 4.81. The molecule has 5 nitrogen and oxygen atoms in total. The van der Waals surface area contributed by atoms with E-state index in [9.17, 15) is 13.9 Å². The molecule has 0 spiro atoms. The Kier molecular flexibility index (Phi) is 5.60. The number of rotatable bonds is 4. The molecule has 1 heterocycles. The second-order valence-electron chi connectivity index (χ2n) is 6.91. The zero-order valence-electron chi connectivity index (χ0n) is 15.3. The molecule has 1 fully saturated rings. The van der Waals surface area contributed by atoms with Crippen molar-refractivity contribution in [2.45, 2.75) is 12.5 Å². The highest BCUT2D eigenvalue weighted by molar-refractivity contribution is 5.78. The van der Waals surface area contributed by atoms with Crippen molar-refractivity contribution in [2.75, 3.05) is 37.6 Å². The van der Waals surface area contributed by atoms with Gasteiger partial charge in [0.05, 0.1) is 6.54 Å². The first-order valence-corrected chi connectivity index (χ1v) is 8.89. The van der Waals surface area contributed by atoms with Crippen molar-refractivity contribution in [3.63, 3.8) is 0 Å². The average Bonchev–Trinajstić information content (AvgIpc) is 2.67. The fourth-order valence-electron chi connectivity index (χ4n) is 3.08. The van der Waals surface area contributed by atoms with E-state index < -0.39 is 5.60 Å². The van der Waals surface area contributed by atoms with Crippen LogP contribution in [0.3, 0.4) is 0 Å². The van der Waals surface area contributed by atoms with Crippen LogP contribution in [0.2, 0.25) is 0 Å². The maximum atomic E-state index is 13.0. The molecule has 0 bridgehead atoms. The van der Waals surface area contributed by atoms with E-state index in [0.29, 0.717) is 24.6 Å². The van der Waals surface area contributed by atoms with Gasteiger partial charge >= 0.3 is 0 Å². The lowest BCUT2D eigenvalue weighted by molar-refractivity contribution is 0.0669. The third kappa shape index (κ3) is 4.74. The van der Waals surface area contributed by atoms with Gasteiger partial charge in [0, 0.05) is 31.9 Å². The number of nitrogens with two attached hydrogens (primary N) is 1. The maximum absolute atomic E-state index is 13.0. The molecule has 27 heavy (non-hydrogen) atoms. The maximum Gasteiger partial charge on any atom is 0.191 e. The molecule has 2 aromatic carbocycles. The molecule has 144 valence electrons. The predicted molar refractivity (Wildman–Crippen MR) is 103 cm³/mol. The fraction of sp³-hybridized carbons (Fsp3) is 0.350. The quantitative estimate of drug-likeness (QED) is 0.637. The zero-order valence-corrected chi connectivity index (χ0v) is 15.3. The predicted octanol–water partition coefficient (Wildman–Crippen LogP) is 2.31. The van der Waals surface area contributed by atoms with E-state index in [1.165, 1.54) is 24.3 Å². The lowest BCUT2D eigenvalue weighted by Gasteiger charge is -2.36. The molecule has 1 unspecified atom stereocenters. The van der Waals surface area contributed by atoms with Crippen LogP contribution >= 0.6 is 0 Å². The van der Waals surface area contributed by atoms with Gasteiger partial charge in [-0.05, 0) is 48.9 Å². The smallest absolute Gasteiger partial charge is 0.191 e. The highest BCUT2D eigenvalue weighted by atomic mass is 19.1. The monoisotopic (exact) mass is 374 g/mol. The van der Waals surface area contributed by atoms with Gasteiger partial charge in [-0.3, -0.25) is 0 Å². The van der Waals surface area contributed by atoms with E-state index in [2.05, 4.69) is 9.89 Å². The molecule has 1 aliphatic rings.